The zero-order chi connectivity index (χ0) is 9.56. The van der Waals surface area contributed by atoms with Crippen molar-refractivity contribution in [1.29, 1.82) is 0 Å². The van der Waals surface area contributed by atoms with E-state index in [2.05, 4.69) is 13.8 Å². The van der Waals surface area contributed by atoms with Gasteiger partial charge in [0.05, 0.1) is 6.10 Å². The standard InChI is InChI=1S/C10H20O2/c1-8(2)4-5-10(12)6-9(3)7-11/h7-10,12H,4-6H2,1-3H3. The highest BCUT2D eigenvalue weighted by Crippen LogP contribution is 2.12. The van der Waals surface area contributed by atoms with Crippen molar-refractivity contribution < 1.29 is 9.90 Å². The Bertz CT molecular complexity index is 121. The first-order valence-corrected chi connectivity index (χ1v) is 4.69. The number of aldehydes is 1. The normalized spacial score (nSPS) is 16.1. The smallest absolute Gasteiger partial charge is 0.122 e. The van der Waals surface area contributed by atoms with E-state index in [9.17, 15) is 9.90 Å². The predicted molar refractivity (Wildman–Crippen MR) is 49.9 cm³/mol. The summed E-state index contributed by atoms with van der Waals surface area (Å²) in [6, 6.07) is 0. The van der Waals surface area contributed by atoms with Crippen LogP contribution in [-0.4, -0.2) is 17.5 Å². The van der Waals surface area contributed by atoms with E-state index in [-0.39, 0.29) is 12.0 Å². The molecule has 0 aliphatic carbocycles. The summed E-state index contributed by atoms with van der Waals surface area (Å²) in [6.45, 7) is 6.11. The second-order valence-corrected chi connectivity index (χ2v) is 3.97. The summed E-state index contributed by atoms with van der Waals surface area (Å²) in [5.41, 5.74) is 0. The number of carbonyl (C=O) groups excluding carboxylic acids is 1. The molecule has 0 aliphatic rings. The third-order valence-corrected chi connectivity index (χ3v) is 1.95. The molecular formula is C10H20O2. The summed E-state index contributed by atoms with van der Waals surface area (Å²) in [4.78, 5) is 10.3. The van der Waals surface area contributed by atoms with Gasteiger partial charge in [0.1, 0.15) is 6.29 Å². The van der Waals surface area contributed by atoms with Crippen LogP contribution in [-0.2, 0) is 4.79 Å². The molecule has 0 spiro atoms. The van der Waals surface area contributed by atoms with E-state index in [4.69, 9.17) is 0 Å². The average Bonchev–Trinajstić information content (AvgIpc) is 2.00. The molecule has 0 heterocycles. The molecule has 2 heteroatoms. The summed E-state index contributed by atoms with van der Waals surface area (Å²) in [6.07, 6.45) is 3.06. The number of hydrogen-bond donors (Lipinski definition) is 1. The first kappa shape index (κ1) is 11.6. The van der Waals surface area contributed by atoms with Gasteiger partial charge in [-0.1, -0.05) is 20.8 Å². The molecule has 0 aromatic heterocycles. The van der Waals surface area contributed by atoms with E-state index in [1.165, 1.54) is 0 Å². The lowest BCUT2D eigenvalue weighted by Crippen LogP contribution is -2.13. The first-order valence-electron chi connectivity index (χ1n) is 4.69. The van der Waals surface area contributed by atoms with Crippen LogP contribution in [0.15, 0.2) is 0 Å². The van der Waals surface area contributed by atoms with Gasteiger partial charge in [-0.3, -0.25) is 0 Å². The lowest BCUT2D eigenvalue weighted by atomic mass is 9.98. The minimum atomic E-state index is -0.299. The molecule has 0 rings (SSSR count). The maximum atomic E-state index is 10.3. The maximum Gasteiger partial charge on any atom is 0.122 e. The van der Waals surface area contributed by atoms with Crippen molar-refractivity contribution in [2.75, 3.05) is 0 Å². The van der Waals surface area contributed by atoms with Gasteiger partial charge in [0.15, 0.2) is 0 Å². The highest BCUT2D eigenvalue weighted by molar-refractivity contribution is 5.52. The molecule has 0 aliphatic heterocycles. The second kappa shape index (κ2) is 6.18. The van der Waals surface area contributed by atoms with Crippen LogP contribution >= 0.6 is 0 Å². The van der Waals surface area contributed by atoms with Gasteiger partial charge < -0.3 is 9.90 Å². The lowest BCUT2D eigenvalue weighted by Gasteiger charge is -2.13. The van der Waals surface area contributed by atoms with Crippen LogP contribution in [0.25, 0.3) is 0 Å². The zero-order valence-corrected chi connectivity index (χ0v) is 8.29. The summed E-state index contributed by atoms with van der Waals surface area (Å²) in [5.74, 6) is 0.623. The molecule has 72 valence electrons. The van der Waals surface area contributed by atoms with Crippen LogP contribution in [0.4, 0.5) is 0 Å². The van der Waals surface area contributed by atoms with Crippen LogP contribution in [0, 0.1) is 11.8 Å². The summed E-state index contributed by atoms with van der Waals surface area (Å²) < 4.78 is 0. The second-order valence-electron chi connectivity index (χ2n) is 3.97. The van der Waals surface area contributed by atoms with Crippen LogP contribution in [0.5, 0.6) is 0 Å². The van der Waals surface area contributed by atoms with Gasteiger partial charge in [-0.05, 0) is 25.2 Å². The number of carbonyl (C=O) groups is 1. The van der Waals surface area contributed by atoms with Crippen molar-refractivity contribution in [2.45, 2.75) is 46.1 Å². The van der Waals surface area contributed by atoms with Gasteiger partial charge in [-0.15, -0.1) is 0 Å². The summed E-state index contributed by atoms with van der Waals surface area (Å²) in [7, 11) is 0. The Labute approximate surface area is 75.0 Å². The molecule has 2 unspecified atom stereocenters. The first-order chi connectivity index (χ1) is 5.56. The van der Waals surface area contributed by atoms with E-state index in [0.717, 1.165) is 19.1 Å². The molecule has 0 bridgehead atoms. The summed E-state index contributed by atoms with van der Waals surface area (Å²) in [5, 5.41) is 9.44. The highest BCUT2D eigenvalue weighted by atomic mass is 16.3. The Hall–Kier alpha value is -0.370. The zero-order valence-electron chi connectivity index (χ0n) is 8.29. The monoisotopic (exact) mass is 172 g/mol. The molecular weight excluding hydrogens is 152 g/mol. The Morgan fingerprint density at radius 1 is 1.25 bits per heavy atom. The Morgan fingerprint density at radius 3 is 2.25 bits per heavy atom. The van der Waals surface area contributed by atoms with Gasteiger partial charge in [0.25, 0.3) is 0 Å². The van der Waals surface area contributed by atoms with Crippen molar-refractivity contribution in [2.24, 2.45) is 11.8 Å². The van der Waals surface area contributed by atoms with Crippen LogP contribution < -0.4 is 0 Å². The molecule has 0 saturated carbocycles. The third-order valence-electron chi connectivity index (χ3n) is 1.95. The number of hydrogen-bond acceptors (Lipinski definition) is 2. The van der Waals surface area contributed by atoms with E-state index < -0.39 is 0 Å². The molecule has 0 amide bonds. The molecule has 0 fully saturated rings. The molecule has 0 radical (unpaired) electrons. The van der Waals surface area contributed by atoms with Gasteiger partial charge in [0, 0.05) is 5.92 Å². The predicted octanol–water partition coefficient (Wildman–Crippen LogP) is 2.01. The van der Waals surface area contributed by atoms with E-state index >= 15 is 0 Å². The largest absolute Gasteiger partial charge is 0.393 e. The Morgan fingerprint density at radius 2 is 1.83 bits per heavy atom. The van der Waals surface area contributed by atoms with Crippen molar-refractivity contribution >= 4 is 6.29 Å². The molecule has 0 saturated heterocycles. The van der Waals surface area contributed by atoms with Crippen molar-refractivity contribution in [3.63, 3.8) is 0 Å². The van der Waals surface area contributed by atoms with E-state index in [0.29, 0.717) is 12.3 Å². The maximum absolute atomic E-state index is 10.3. The molecule has 0 aromatic carbocycles. The Kier molecular flexibility index (Phi) is 5.99. The fourth-order valence-electron chi connectivity index (χ4n) is 1.13. The minimum absolute atomic E-state index is 0.00726. The molecule has 1 N–H and O–H groups in total. The van der Waals surface area contributed by atoms with Crippen molar-refractivity contribution in [3.05, 3.63) is 0 Å². The highest BCUT2D eigenvalue weighted by Gasteiger charge is 2.09. The number of rotatable bonds is 6. The topological polar surface area (TPSA) is 37.3 Å². The fourth-order valence-corrected chi connectivity index (χ4v) is 1.13. The van der Waals surface area contributed by atoms with Crippen molar-refractivity contribution in [3.8, 4) is 0 Å². The fraction of sp³-hybridized carbons (Fsp3) is 0.900. The molecule has 12 heavy (non-hydrogen) atoms. The molecule has 2 atom stereocenters. The van der Waals surface area contributed by atoms with Crippen molar-refractivity contribution in [1.82, 2.24) is 0 Å². The van der Waals surface area contributed by atoms with E-state index in [1.807, 2.05) is 6.92 Å². The summed E-state index contributed by atoms with van der Waals surface area (Å²) >= 11 is 0. The van der Waals surface area contributed by atoms with Crippen LogP contribution in [0.1, 0.15) is 40.0 Å². The van der Waals surface area contributed by atoms with Gasteiger partial charge in [0.2, 0.25) is 0 Å². The number of aliphatic hydroxyl groups excluding tert-OH is 1. The van der Waals surface area contributed by atoms with E-state index in [1.54, 1.807) is 0 Å². The van der Waals surface area contributed by atoms with Gasteiger partial charge >= 0.3 is 0 Å². The van der Waals surface area contributed by atoms with Crippen LogP contribution in [0.2, 0.25) is 0 Å². The number of aliphatic hydroxyl groups is 1. The quantitative estimate of drug-likeness (QED) is 0.622. The van der Waals surface area contributed by atoms with Crippen LogP contribution in [0.3, 0.4) is 0 Å². The van der Waals surface area contributed by atoms with Gasteiger partial charge in [-0.25, -0.2) is 0 Å². The average molecular weight is 172 g/mol. The SMILES string of the molecule is CC(C)CCC(O)CC(C)C=O. The third kappa shape index (κ3) is 6.35. The Balaban J connectivity index is 3.45. The van der Waals surface area contributed by atoms with Gasteiger partial charge in [-0.2, -0.15) is 0 Å². The molecule has 2 nitrogen and oxygen atoms in total. The lowest BCUT2D eigenvalue weighted by molar-refractivity contribution is -0.111. The molecule has 0 aromatic rings. The minimum Gasteiger partial charge on any atom is -0.393 e.